The Morgan fingerprint density at radius 3 is 2.44 bits per heavy atom. The van der Waals surface area contributed by atoms with Crippen molar-refractivity contribution in [3.8, 4) is 23.1 Å². The Morgan fingerprint density at radius 2 is 1.79 bits per heavy atom. The average molecular weight is 464 g/mol. The summed E-state index contributed by atoms with van der Waals surface area (Å²) in [7, 11) is 1.64. The second-order valence-electron chi connectivity index (χ2n) is 8.34. The first-order valence-corrected chi connectivity index (χ1v) is 12.1. The summed E-state index contributed by atoms with van der Waals surface area (Å²) in [6, 6.07) is 17.7. The van der Waals surface area contributed by atoms with E-state index in [9.17, 15) is 5.11 Å². The van der Waals surface area contributed by atoms with Crippen LogP contribution in [0.2, 0.25) is 0 Å². The van der Waals surface area contributed by atoms with Crippen LogP contribution in [0.1, 0.15) is 44.4 Å². The molecule has 34 heavy (non-hydrogen) atoms. The molecule has 3 aromatic rings. The van der Waals surface area contributed by atoms with Crippen LogP contribution in [0.25, 0.3) is 5.69 Å². The fourth-order valence-electron chi connectivity index (χ4n) is 4.05. The summed E-state index contributed by atoms with van der Waals surface area (Å²) in [6.45, 7) is 10.1. The van der Waals surface area contributed by atoms with Gasteiger partial charge in [0.2, 0.25) is 5.88 Å². The van der Waals surface area contributed by atoms with E-state index in [1.807, 2.05) is 65.4 Å². The van der Waals surface area contributed by atoms with E-state index >= 15 is 0 Å². The van der Waals surface area contributed by atoms with E-state index in [1.165, 1.54) is 0 Å². The van der Waals surface area contributed by atoms with Gasteiger partial charge in [-0.1, -0.05) is 50.3 Å². The van der Waals surface area contributed by atoms with Gasteiger partial charge in [-0.25, -0.2) is 4.68 Å². The number of hydrogen-bond acceptors (Lipinski definition) is 5. The first kappa shape index (κ1) is 25.5. The van der Waals surface area contributed by atoms with Crippen LogP contribution in [0.4, 0.5) is 0 Å². The lowest BCUT2D eigenvalue weighted by Gasteiger charge is -2.25. The minimum Gasteiger partial charge on any atom is -0.493 e. The Balaban J connectivity index is 2.03. The van der Waals surface area contributed by atoms with Gasteiger partial charge in [0.05, 0.1) is 30.2 Å². The number of allylic oxidation sites excluding steroid dienone is 1. The van der Waals surface area contributed by atoms with Crippen LogP contribution in [0.15, 0.2) is 67.3 Å². The van der Waals surface area contributed by atoms with Crippen molar-refractivity contribution in [3.05, 3.63) is 78.5 Å². The molecule has 0 saturated carbocycles. The Morgan fingerprint density at radius 1 is 1.09 bits per heavy atom. The van der Waals surface area contributed by atoms with Crippen LogP contribution < -0.4 is 9.47 Å². The van der Waals surface area contributed by atoms with Gasteiger partial charge in [-0.3, -0.25) is 4.90 Å². The number of para-hydroxylation sites is 3. The fourth-order valence-corrected chi connectivity index (χ4v) is 4.05. The predicted octanol–water partition coefficient (Wildman–Crippen LogP) is 5.77. The maximum Gasteiger partial charge on any atom is 0.227 e. The summed E-state index contributed by atoms with van der Waals surface area (Å²) in [4.78, 5) is 2.29. The zero-order chi connectivity index (χ0) is 24.3. The van der Waals surface area contributed by atoms with Crippen molar-refractivity contribution in [3.63, 3.8) is 0 Å². The molecule has 0 spiro atoms. The molecule has 1 heterocycles. The van der Waals surface area contributed by atoms with E-state index in [-0.39, 0.29) is 0 Å². The second-order valence-corrected chi connectivity index (χ2v) is 8.34. The highest BCUT2D eigenvalue weighted by Crippen LogP contribution is 2.36. The number of aliphatic hydroxyl groups is 1. The van der Waals surface area contributed by atoms with Crippen molar-refractivity contribution in [1.29, 1.82) is 0 Å². The van der Waals surface area contributed by atoms with Crippen LogP contribution in [0.5, 0.6) is 17.4 Å². The van der Waals surface area contributed by atoms with Gasteiger partial charge in [0.25, 0.3) is 0 Å². The second kappa shape index (κ2) is 13.0. The molecular weight excluding hydrogens is 426 g/mol. The Kier molecular flexibility index (Phi) is 9.74. The maximum absolute atomic E-state index is 10.6. The van der Waals surface area contributed by atoms with Crippen molar-refractivity contribution >= 4 is 0 Å². The summed E-state index contributed by atoms with van der Waals surface area (Å²) >= 11 is 0. The number of ether oxygens (including phenoxy) is 2. The topological polar surface area (TPSA) is 59.8 Å². The molecule has 0 aliphatic carbocycles. The Hall–Kier alpha value is -3.09. The van der Waals surface area contributed by atoms with Gasteiger partial charge >= 0.3 is 0 Å². The molecule has 182 valence electrons. The molecule has 0 radical (unpaired) electrons. The average Bonchev–Trinajstić information content (AvgIpc) is 3.20. The monoisotopic (exact) mass is 463 g/mol. The summed E-state index contributed by atoms with van der Waals surface area (Å²) < 4.78 is 13.9. The molecule has 0 saturated heterocycles. The number of aliphatic hydroxyl groups excluding tert-OH is 1. The molecule has 6 nitrogen and oxygen atoms in total. The number of rotatable bonds is 14. The lowest BCUT2D eigenvalue weighted by Crippen LogP contribution is -2.33. The highest BCUT2D eigenvalue weighted by molar-refractivity contribution is 5.47. The summed E-state index contributed by atoms with van der Waals surface area (Å²) in [5.74, 6) is 1.98. The van der Waals surface area contributed by atoms with Gasteiger partial charge in [0, 0.05) is 13.1 Å². The zero-order valence-corrected chi connectivity index (χ0v) is 20.6. The van der Waals surface area contributed by atoms with Crippen molar-refractivity contribution in [2.75, 3.05) is 20.2 Å². The van der Waals surface area contributed by atoms with Crippen molar-refractivity contribution in [1.82, 2.24) is 14.7 Å². The number of hydrogen-bond donors (Lipinski definition) is 1. The molecule has 2 aromatic carbocycles. The predicted molar refractivity (Wildman–Crippen MR) is 137 cm³/mol. The SMILES string of the molecule is C=CCC[C@@H](O)CN(CCC)Cc1c(CC)nn(-c2ccccc2)c1Oc1ccccc1OC. The number of aryl methyl sites for hydroxylation is 1. The molecule has 0 bridgehead atoms. The molecule has 0 aliphatic heterocycles. The van der Waals surface area contributed by atoms with Crippen LogP contribution in [-0.2, 0) is 13.0 Å². The van der Waals surface area contributed by atoms with E-state index in [2.05, 4.69) is 25.3 Å². The van der Waals surface area contributed by atoms with Crippen molar-refractivity contribution in [2.45, 2.75) is 52.2 Å². The molecule has 6 heteroatoms. The van der Waals surface area contributed by atoms with Crippen LogP contribution >= 0.6 is 0 Å². The number of nitrogens with zero attached hydrogens (tertiary/aromatic N) is 3. The molecule has 1 N–H and O–H groups in total. The molecule has 0 amide bonds. The van der Waals surface area contributed by atoms with Gasteiger partial charge in [-0.05, 0) is 56.5 Å². The number of aromatic nitrogens is 2. The van der Waals surface area contributed by atoms with Gasteiger partial charge in [-0.2, -0.15) is 5.10 Å². The summed E-state index contributed by atoms with van der Waals surface area (Å²) in [5.41, 5.74) is 2.94. The van der Waals surface area contributed by atoms with Crippen LogP contribution in [-0.4, -0.2) is 46.1 Å². The third kappa shape index (κ3) is 6.49. The lowest BCUT2D eigenvalue weighted by atomic mass is 10.1. The standard InChI is InChI=1S/C28H37N3O3/c1-5-8-16-23(32)20-30(19-6-2)21-24-25(7-3)29-31(22-14-10-9-11-15-22)28(24)34-27-18-13-12-17-26(27)33-4/h5,9-15,17-18,23,32H,1,6-8,16,19-21H2,2-4H3/t23-/m1/s1. The fraction of sp³-hybridized carbons (Fsp3) is 0.393. The van der Waals surface area contributed by atoms with Gasteiger partial charge < -0.3 is 14.6 Å². The first-order valence-electron chi connectivity index (χ1n) is 12.1. The normalized spacial score (nSPS) is 12.0. The van der Waals surface area contributed by atoms with E-state index < -0.39 is 6.10 Å². The van der Waals surface area contributed by atoms with Crippen molar-refractivity contribution in [2.24, 2.45) is 0 Å². The van der Waals surface area contributed by atoms with Gasteiger partial charge in [-0.15, -0.1) is 6.58 Å². The minimum absolute atomic E-state index is 0.405. The van der Waals surface area contributed by atoms with Crippen molar-refractivity contribution < 1.29 is 14.6 Å². The van der Waals surface area contributed by atoms with Crippen LogP contribution in [0.3, 0.4) is 0 Å². The molecule has 1 atom stereocenters. The molecule has 3 rings (SSSR count). The largest absolute Gasteiger partial charge is 0.493 e. The Bertz CT molecular complexity index is 1030. The molecule has 1 aromatic heterocycles. The van der Waals surface area contributed by atoms with Crippen LogP contribution in [0, 0.1) is 0 Å². The minimum atomic E-state index is -0.405. The zero-order valence-electron chi connectivity index (χ0n) is 20.6. The molecule has 0 unspecified atom stereocenters. The van der Waals surface area contributed by atoms with Gasteiger partial charge in [0.15, 0.2) is 11.5 Å². The number of methoxy groups -OCH3 is 1. The molecule has 0 aliphatic rings. The smallest absolute Gasteiger partial charge is 0.227 e. The highest BCUT2D eigenvalue weighted by Gasteiger charge is 2.24. The van der Waals surface area contributed by atoms with E-state index in [4.69, 9.17) is 14.6 Å². The molecule has 0 fully saturated rings. The third-order valence-electron chi connectivity index (χ3n) is 5.73. The van der Waals surface area contributed by atoms with E-state index in [1.54, 1.807) is 7.11 Å². The first-order chi connectivity index (χ1) is 16.6. The van der Waals surface area contributed by atoms with Gasteiger partial charge in [0.1, 0.15) is 0 Å². The maximum atomic E-state index is 10.6. The van der Waals surface area contributed by atoms with E-state index in [0.29, 0.717) is 36.9 Å². The summed E-state index contributed by atoms with van der Waals surface area (Å²) in [5, 5.41) is 15.5. The summed E-state index contributed by atoms with van der Waals surface area (Å²) in [6.07, 6.45) is 4.72. The lowest BCUT2D eigenvalue weighted by molar-refractivity contribution is 0.102. The number of benzene rings is 2. The Labute approximate surface area is 203 Å². The third-order valence-corrected chi connectivity index (χ3v) is 5.73. The quantitative estimate of drug-likeness (QED) is 0.307. The van der Waals surface area contributed by atoms with E-state index in [0.717, 1.165) is 42.8 Å². The highest BCUT2D eigenvalue weighted by atomic mass is 16.5. The molecular formula is C28H37N3O3.